The summed E-state index contributed by atoms with van der Waals surface area (Å²) in [6.45, 7) is 0.665. The largest absolute Gasteiger partial charge is 0.481 e. The third kappa shape index (κ3) is 3.97. The van der Waals surface area contributed by atoms with Gasteiger partial charge < -0.3 is 15.2 Å². The second-order valence-electron chi connectivity index (χ2n) is 5.69. The monoisotopic (exact) mass is 291 g/mol. The van der Waals surface area contributed by atoms with Gasteiger partial charge in [-0.2, -0.15) is 0 Å². The van der Waals surface area contributed by atoms with Crippen molar-refractivity contribution in [1.29, 1.82) is 0 Å². The fourth-order valence-electron chi connectivity index (χ4n) is 2.98. The van der Waals surface area contributed by atoms with Gasteiger partial charge in [-0.3, -0.25) is 9.59 Å². The Morgan fingerprint density at radius 1 is 1.38 bits per heavy atom. The number of hydrogen-bond donors (Lipinski definition) is 2. The lowest BCUT2D eigenvalue weighted by Crippen LogP contribution is -2.38. The van der Waals surface area contributed by atoms with Gasteiger partial charge in [0.15, 0.2) is 0 Å². The number of carbonyl (C=O) groups excluding carboxylic acids is 1. The minimum atomic E-state index is -0.799. The van der Waals surface area contributed by atoms with E-state index in [1.165, 1.54) is 12.7 Å². The van der Waals surface area contributed by atoms with Crippen LogP contribution in [0.5, 0.6) is 0 Å². The normalized spacial score (nSPS) is 20.2. The van der Waals surface area contributed by atoms with E-state index in [1.807, 2.05) is 24.3 Å². The predicted molar refractivity (Wildman–Crippen MR) is 79.2 cm³/mol. The molecule has 1 aliphatic heterocycles. The van der Waals surface area contributed by atoms with Gasteiger partial charge in [-0.25, -0.2) is 0 Å². The van der Waals surface area contributed by atoms with Gasteiger partial charge in [-0.1, -0.05) is 18.2 Å². The number of carboxylic acid groups (broad SMARTS) is 1. The van der Waals surface area contributed by atoms with Crippen molar-refractivity contribution >= 4 is 17.6 Å². The first-order chi connectivity index (χ1) is 10.0. The molecule has 0 spiro atoms. The summed E-state index contributed by atoms with van der Waals surface area (Å²) in [5.74, 6) is -1.04. The second kappa shape index (κ2) is 6.61. The molecule has 5 heteroatoms. The summed E-state index contributed by atoms with van der Waals surface area (Å²) < 4.78 is 4.81. The summed E-state index contributed by atoms with van der Waals surface area (Å²) in [7, 11) is 1.39. The summed E-state index contributed by atoms with van der Waals surface area (Å²) in [5.41, 5.74) is 2.00. The molecule has 0 aliphatic carbocycles. The summed E-state index contributed by atoms with van der Waals surface area (Å²) in [4.78, 5) is 22.4. The molecule has 2 N–H and O–H groups in total. The summed E-state index contributed by atoms with van der Waals surface area (Å²) in [5, 5.41) is 12.2. The van der Waals surface area contributed by atoms with Crippen LogP contribution < -0.4 is 5.32 Å². The number of carbonyl (C=O) groups is 2. The molecular formula is C16H21NO4. The molecule has 21 heavy (non-hydrogen) atoms. The van der Waals surface area contributed by atoms with E-state index in [-0.39, 0.29) is 17.8 Å². The lowest BCUT2D eigenvalue weighted by atomic mass is 9.72. The van der Waals surface area contributed by atoms with Crippen molar-refractivity contribution in [3.63, 3.8) is 0 Å². The molecule has 1 aromatic rings. The zero-order chi connectivity index (χ0) is 15.3. The van der Waals surface area contributed by atoms with E-state index in [0.717, 1.165) is 12.1 Å². The Morgan fingerprint density at radius 2 is 2.14 bits per heavy atom. The number of nitrogens with one attached hydrogen (secondary N) is 1. The topological polar surface area (TPSA) is 75.6 Å². The molecule has 1 aromatic carbocycles. The highest BCUT2D eigenvalue weighted by Crippen LogP contribution is 2.39. The van der Waals surface area contributed by atoms with E-state index in [4.69, 9.17) is 9.84 Å². The van der Waals surface area contributed by atoms with Gasteiger partial charge in [0.25, 0.3) is 0 Å². The standard InChI is InChI=1S/C16H21NO4/c1-21-15(20)10-16(8-4-7-14(18)19)9-12-5-2-3-6-13(12)17-11-16/h2-3,5-6,17H,4,7-11H2,1H3,(H,18,19). The fourth-order valence-corrected chi connectivity index (χ4v) is 2.98. The first-order valence-corrected chi connectivity index (χ1v) is 7.15. The smallest absolute Gasteiger partial charge is 0.306 e. The molecule has 0 saturated heterocycles. The third-order valence-electron chi connectivity index (χ3n) is 4.08. The molecule has 0 radical (unpaired) electrons. The van der Waals surface area contributed by atoms with Crippen LogP contribution in [0, 0.1) is 5.41 Å². The van der Waals surface area contributed by atoms with Gasteiger partial charge in [0, 0.05) is 24.1 Å². The van der Waals surface area contributed by atoms with Crippen molar-refractivity contribution in [2.75, 3.05) is 19.0 Å². The maximum absolute atomic E-state index is 11.7. The summed E-state index contributed by atoms with van der Waals surface area (Å²) in [6, 6.07) is 8.02. The number of benzene rings is 1. The minimum Gasteiger partial charge on any atom is -0.481 e. The van der Waals surface area contributed by atoms with E-state index in [1.54, 1.807) is 0 Å². The van der Waals surface area contributed by atoms with E-state index in [2.05, 4.69) is 5.32 Å². The van der Waals surface area contributed by atoms with Crippen molar-refractivity contribution in [3.8, 4) is 0 Å². The Morgan fingerprint density at radius 3 is 2.86 bits per heavy atom. The number of fused-ring (bicyclic) bond motifs is 1. The molecule has 0 amide bonds. The average Bonchev–Trinajstić information content (AvgIpc) is 2.46. The summed E-state index contributed by atoms with van der Waals surface area (Å²) in [6.07, 6.45) is 2.46. The SMILES string of the molecule is COC(=O)CC1(CCCC(=O)O)CNc2ccccc2C1. The van der Waals surface area contributed by atoms with Gasteiger partial charge >= 0.3 is 11.9 Å². The molecule has 0 bridgehead atoms. The number of methoxy groups -OCH3 is 1. The number of aliphatic carboxylic acids is 1. The molecule has 0 aromatic heterocycles. The second-order valence-corrected chi connectivity index (χ2v) is 5.69. The minimum absolute atomic E-state index is 0.130. The molecule has 2 rings (SSSR count). The van der Waals surface area contributed by atoms with Crippen LogP contribution in [0.2, 0.25) is 0 Å². The van der Waals surface area contributed by atoms with Gasteiger partial charge in [0.05, 0.1) is 13.5 Å². The van der Waals surface area contributed by atoms with Crippen LogP contribution in [-0.4, -0.2) is 30.7 Å². The van der Waals surface area contributed by atoms with Gasteiger partial charge in [-0.15, -0.1) is 0 Å². The molecule has 5 nitrogen and oxygen atoms in total. The van der Waals surface area contributed by atoms with Gasteiger partial charge in [-0.05, 0) is 30.9 Å². The maximum Gasteiger partial charge on any atom is 0.306 e. The lowest BCUT2D eigenvalue weighted by Gasteiger charge is -2.38. The van der Waals surface area contributed by atoms with Crippen LogP contribution in [0.25, 0.3) is 0 Å². The zero-order valence-electron chi connectivity index (χ0n) is 12.2. The molecular weight excluding hydrogens is 270 g/mol. The number of anilines is 1. The average molecular weight is 291 g/mol. The molecule has 1 unspecified atom stereocenters. The van der Waals surface area contributed by atoms with Crippen molar-refractivity contribution in [2.24, 2.45) is 5.41 Å². The van der Waals surface area contributed by atoms with Crippen molar-refractivity contribution < 1.29 is 19.4 Å². The highest BCUT2D eigenvalue weighted by atomic mass is 16.5. The number of esters is 1. The molecule has 0 fully saturated rings. The summed E-state index contributed by atoms with van der Waals surface area (Å²) >= 11 is 0. The van der Waals surface area contributed by atoms with E-state index in [0.29, 0.717) is 25.8 Å². The van der Waals surface area contributed by atoms with Crippen LogP contribution in [-0.2, 0) is 20.7 Å². The predicted octanol–water partition coefficient (Wildman–Crippen LogP) is 2.46. The Kier molecular flexibility index (Phi) is 4.83. The molecule has 1 aliphatic rings. The highest BCUT2D eigenvalue weighted by molar-refractivity contribution is 5.71. The highest BCUT2D eigenvalue weighted by Gasteiger charge is 2.36. The zero-order valence-corrected chi connectivity index (χ0v) is 12.2. The number of para-hydroxylation sites is 1. The fraction of sp³-hybridized carbons (Fsp3) is 0.500. The van der Waals surface area contributed by atoms with Crippen LogP contribution >= 0.6 is 0 Å². The van der Waals surface area contributed by atoms with Crippen molar-refractivity contribution in [2.45, 2.75) is 32.1 Å². The Balaban J connectivity index is 2.13. The maximum atomic E-state index is 11.7. The van der Waals surface area contributed by atoms with Crippen LogP contribution in [0.4, 0.5) is 5.69 Å². The van der Waals surface area contributed by atoms with Crippen molar-refractivity contribution in [1.82, 2.24) is 0 Å². The number of ether oxygens (including phenoxy) is 1. The molecule has 1 atom stereocenters. The first-order valence-electron chi connectivity index (χ1n) is 7.15. The van der Waals surface area contributed by atoms with Crippen LogP contribution in [0.15, 0.2) is 24.3 Å². The van der Waals surface area contributed by atoms with Crippen molar-refractivity contribution in [3.05, 3.63) is 29.8 Å². The van der Waals surface area contributed by atoms with Crippen LogP contribution in [0.3, 0.4) is 0 Å². The molecule has 1 heterocycles. The Bertz CT molecular complexity index is 529. The van der Waals surface area contributed by atoms with E-state index in [9.17, 15) is 9.59 Å². The lowest BCUT2D eigenvalue weighted by molar-refractivity contribution is -0.143. The van der Waals surface area contributed by atoms with E-state index < -0.39 is 5.97 Å². The quantitative estimate of drug-likeness (QED) is 0.787. The Hall–Kier alpha value is -2.04. The van der Waals surface area contributed by atoms with E-state index >= 15 is 0 Å². The van der Waals surface area contributed by atoms with Gasteiger partial charge in [0.1, 0.15) is 0 Å². The molecule has 0 saturated carbocycles. The van der Waals surface area contributed by atoms with Crippen LogP contribution in [0.1, 0.15) is 31.2 Å². The van der Waals surface area contributed by atoms with Gasteiger partial charge in [0.2, 0.25) is 0 Å². The number of rotatable bonds is 6. The molecule has 114 valence electrons. The third-order valence-corrected chi connectivity index (χ3v) is 4.08. The first kappa shape index (κ1) is 15.4. The number of hydrogen-bond acceptors (Lipinski definition) is 4. The Labute approximate surface area is 124 Å². The number of carboxylic acids is 1.